The van der Waals surface area contributed by atoms with Crippen molar-refractivity contribution in [3.05, 3.63) is 32.7 Å². The number of nitrogens with two attached hydrogens (primary N) is 2. The summed E-state index contributed by atoms with van der Waals surface area (Å²) in [5, 5.41) is 0. The van der Waals surface area contributed by atoms with Gasteiger partial charge in [-0.15, -0.1) is 0 Å². The number of hydrogen-bond donors (Lipinski definition) is 2. The Bertz CT molecular complexity index is 265. The molecular formula is C9H12Br2N2. The third-order valence-corrected chi connectivity index (χ3v) is 2.84. The minimum Gasteiger partial charge on any atom is -0.330 e. The monoisotopic (exact) mass is 306 g/mol. The highest BCUT2D eigenvalue weighted by Crippen LogP contribution is 2.24. The maximum absolute atomic E-state index is 5.60. The lowest BCUT2D eigenvalue weighted by atomic mass is 10.00. The predicted octanol–water partition coefficient (Wildman–Crippen LogP) is 2.21. The van der Waals surface area contributed by atoms with Crippen LogP contribution in [-0.4, -0.2) is 13.1 Å². The molecule has 72 valence electrons. The van der Waals surface area contributed by atoms with E-state index in [1.807, 2.05) is 6.07 Å². The standard InChI is InChI=1S/C9H12Br2N2/c10-8-1-6(2-9(11)3-8)7(4-12)5-13/h1-3,7H,4-5,12-13H2. The lowest BCUT2D eigenvalue weighted by Gasteiger charge is -2.13. The van der Waals surface area contributed by atoms with Crippen molar-refractivity contribution in [2.24, 2.45) is 11.5 Å². The van der Waals surface area contributed by atoms with E-state index in [1.165, 1.54) is 5.56 Å². The van der Waals surface area contributed by atoms with Crippen LogP contribution in [0.5, 0.6) is 0 Å². The van der Waals surface area contributed by atoms with E-state index in [9.17, 15) is 0 Å². The SMILES string of the molecule is NCC(CN)c1cc(Br)cc(Br)c1. The average Bonchev–Trinajstić information content (AvgIpc) is 2.04. The van der Waals surface area contributed by atoms with Gasteiger partial charge in [-0.1, -0.05) is 31.9 Å². The molecule has 0 bridgehead atoms. The fourth-order valence-electron chi connectivity index (χ4n) is 1.18. The zero-order valence-corrected chi connectivity index (χ0v) is 10.3. The quantitative estimate of drug-likeness (QED) is 0.899. The molecule has 1 rings (SSSR count). The minimum atomic E-state index is 0.244. The molecule has 0 aliphatic heterocycles. The highest BCUT2D eigenvalue weighted by molar-refractivity contribution is 9.11. The fourth-order valence-corrected chi connectivity index (χ4v) is 2.51. The fraction of sp³-hybridized carbons (Fsp3) is 0.333. The highest BCUT2D eigenvalue weighted by atomic mass is 79.9. The molecular weight excluding hydrogens is 296 g/mol. The van der Waals surface area contributed by atoms with Crippen molar-refractivity contribution < 1.29 is 0 Å². The lowest BCUT2D eigenvalue weighted by Crippen LogP contribution is -2.21. The van der Waals surface area contributed by atoms with Crippen LogP contribution in [0.3, 0.4) is 0 Å². The van der Waals surface area contributed by atoms with Crippen LogP contribution >= 0.6 is 31.9 Å². The summed E-state index contributed by atoms with van der Waals surface area (Å²) >= 11 is 6.86. The van der Waals surface area contributed by atoms with Gasteiger partial charge in [0.05, 0.1) is 0 Å². The molecule has 0 spiro atoms. The van der Waals surface area contributed by atoms with Crippen LogP contribution in [-0.2, 0) is 0 Å². The van der Waals surface area contributed by atoms with Gasteiger partial charge in [-0.05, 0) is 23.8 Å². The summed E-state index contributed by atoms with van der Waals surface area (Å²) in [5.74, 6) is 0.244. The smallest absolute Gasteiger partial charge is 0.0189 e. The van der Waals surface area contributed by atoms with Crippen LogP contribution in [0.25, 0.3) is 0 Å². The molecule has 0 aromatic heterocycles. The molecule has 0 saturated carbocycles. The van der Waals surface area contributed by atoms with Crippen LogP contribution in [0.15, 0.2) is 27.1 Å². The summed E-state index contributed by atoms with van der Waals surface area (Å²) in [6, 6.07) is 6.10. The van der Waals surface area contributed by atoms with Crippen LogP contribution < -0.4 is 11.5 Å². The summed E-state index contributed by atoms with van der Waals surface area (Å²) in [5.41, 5.74) is 12.4. The van der Waals surface area contributed by atoms with Crippen LogP contribution in [0.1, 0.15) is 11.5 Å². The van der Waals surface area contributed by atoms with Gasteiger partial charge in [-0.2, -0.15) is 0 Å². The molecule has 2 nitrogen and oxygen atoms in total. The topological polar surface area (TPSA) is 52.0 Å². The van der Waals surface area contributed by atoms with E-state index in [4.69, 9.17) is 11.5 Å². The summed E-state index contributed by atoms with van der Waals surface area (Å²) < 4.78 is 2.09. The van der Waals surface area contributed by atoms with Gasteiger partial charge in [0.15, 0.2) is 0 Å². The largest absolute Gasteiger partial charge is 0.330 e. The zero-order valence-electron chi connectivity index (χ0n) is 7.13. The van der Waals surface area contributed by atoms with Crippen molar-refractivity contribution in [2.45, 2.75) is 5.92 Å². The zero-order chi connectivity index (χ0) is 9.84. The Kier molecular flexibility index (Phi) is 4.38. The third-order valence-electron chi connectivity index (χ3n) is 1.93. The Labute approximate surface area is 94.9 Å². The number of halogens is 2. The molecule has 0 heterocycles. The highest BCUT2D eigenvalue weighted by Gasteiger charge is 2.08. The Balaban J connectivity index is 2.99. The molecule has 0 unspecified atom stereocenters. The molecule has 0 atom stereocenters. The van der Waals surface area contributed by atoms with Crippen molar-refractivity contribution in [3.63, 3.8) is 0 Å². The number of hydrogen-bond acceptors (Lipinski definition) is 2. The van der Waals surface area contributed by atoms with Crippen LogP contribution in [0, 0.1) is 0 Å². The summed E-state index contributed by atoms with van der Waals surface area (Å²) in [7, 11) is 0. The van der Waals surface area contributed by atoms with Crippen molar-refractivity contribution >= 4 is 31.9 Å². The first kappa shape index (κ1) is 11.2. The molecule has 1 aromatic carbocycles. The van der Waals surface area contributed by atoms with Gasteiger partial charge in [0.1, 0.15) is 0 Å². The summed E-state index contributed by atoms with van der Waals surface area (Å²) in [6.45, 7) is 1.17. The second-order valence-electron chi connectivity index (χ2n) is 2.87. The minimum absolute atomic E-state index is 0.244. The molecule has 0 saturated heterocycles. The molecule has 0 radical (unpaired) electrons. The van der Waals surface area contributed by atoms with Gasteiger partial charge in [0.2, 0.25) is 0 Å². The van der Waals surface area contributed by atoms with Crippen molar-refractivity contribution in [2.75, 3.05) is 13.1 Å². The molecule has 0 amide bonds. The first-order chi connectivity index (χ1) is 6.17. The molecule has 13 heavy (non-hydrogen) atoms. The van der Waals surface area contributed by atoms with Gasteiger partial charge in [-0.3, -0.25) is 0 Å². The van der Waals surface area contributed by atoms with Gasteiger partial charge < -0.3 is 11.5 Å². The van der Waals surface area contributed by atoms with Gasteiger partial charge >= 0.3 is 0 Å². The van der Waals surface area contributed by atoms with Gasteiger partial charge in [-0.25, -0.2) is 0 Å². The molecule has 0 aliphatic carbocycles. The van der Waals surface area contributed by atoms with Crippen molar-refractivity contribution in [1.29, 1.82) is 0 Å². The van der Waals surface area contributed by atoms with E-state index in [0.717, 1.165) is 8.95 Å². The van der Waals surface area contributed by atoms with E-state index in [-0.39, 0.29) is 5.92 Å². The maximum Gasteiger partial charge on any atom is 0.0189 e. The van der Waals surface area contributed by atoms with Crippen molar-refractivity contribution in [3.8, 4) is 0 Å². The maximum atomic E-state index is 5.60. The van der Waals surface area contributed by atoms with Crippen LogP contribution in [0.2, 0.25) is 0 Å². The Morgan fingerprint density at radius 1 is 1.00 bits per heavy atom. The van der Waals surface area contributed by atoms with E-state index in [1.54, 1.807) is 0 Å². The Morgan fingerprint density at radius 3 is 1.85 bits per heavy atom. The number of rotatable bonds is 3. The Hall–Kier alpha value is 0.1000. The van der Waals surface area contributed by atoms with E-state index >= 15 is 0 Å². The normalized spacial score (nSPS) is 10.8. The molecule has 1 aromatic rings. The van der Waals surface area contributed by atoms with E-state index < -0.39 is 0 Å². The Morgan fingerprint density at radius 2 is 1.46 bits per heavy atom. The molecule has 0 aliphatic rings. The first-order valence-corrected chi connectivity index (χ1v) is 5.62. The second kappa shape index (κ2) is 5.10. The van der Waals surface area contributed by atoms with E-state index in [0.29, 0.717) is 13.1 Å². The summed E-state index contributed by atoms with van der Waals surface area (Å²) in [4.78, 5) is 0. The average molecular weight is 308 g/mol. The van der Waals surface area contributed by atoms with E-state index in [2.05, 4.69) is 44.0 Å². The van der Waals surface area contributed by atoms with Gasteiger partial charge in [0, 0.05) is 28.0 Å². The first-order valence-electron chi connectivity index (χ1n) is 4.03. The molecule has 4 N–H and O–H groups in total. The number of benzene rings is 1. The van der Waals surface area contributed by atoms with Gasteiger partial charge in [0.25, 0.3) is 0 Å². The lowest BCUT2D eigenvalue weighted by molar-refractivity contribution is 0.707. The third kappa shape index (κ3) is 3.06. The molecule has 0 fully saturated rings. The van der Waals surface area contributed by atoms with Crippen molar-refractivity contribution in [1.82, 2.24) is 0 Å². The molecule has 4 heteroatoms. The summed E-state index contributed by atoms with van der Waals surface area (Å²) in [6.07, 6.45) is 0. The second-order valence-corrected chi connectivity index (χ2v) is 4.70. The van der Waals surface area contributed by atoms with Crippen LogP contribution in [0.4, 0.5) is 0 Å². The predicted molar refractivity (Wildman–Crippen MR) is 62.7 cm³/mol.